The van der Waals surface area contributed by atoms with Crippen LogP contribution in [-0.4, -0.2) is 25.2 Å². The zero-order valence-corrected chi connectivity index (χ0v) is 8.58. The quantitative estimate of drug-likeness (QED) is 0.820. The molecule has 0 bridgehead atoms. The zero-order chi connectivity index (χ0) is 10.8. The lowest BCUT2D eigenvalue weighted by Gasteiger charge is -2.35. The fraction of sp³-hybridized carbons (Fsp3) is 0.333. The minimum absolute atomic E-state index is 0.144. The Morgan fingerprint density at radius 3 is 2.29 bits per heavy atom. The lowest BCUT2D eigenvalue weighted by molar-refractivity contribution is 0.357. The summed E-state index contributed by atoms with van der Waals surface area (Å²) in [7, 11) is -5.02. The van der Waals surface area contributed by atoms with Gasteiger partial charge in [-0.25, -0.2) is 8.60 Å². The fourth-order valence-corrected chi connectivity index (χ4v) is 2.38. The van der Waals surface area contributed by atoms with Crippen LogP contribution in [0.4, 0.5) is 4.39 Å². The van der Waals surface area contributed by atoms with Crippen molar-refractivity contribution in [3.63, 3.8) is 0 Å². The molecule has 2 N–H and O–H groups in total. The van der Waals surface area contributed by atoms with Gasteiger partial charge in [0.25, 0.3) is 0 Å². The molecule has 1 aromatic carbocycles. The van der Waals surface area contributed by atoms with Gasteiger partial charge in [-0.15, -0.1) is 0 Å². The van der Waals surface area contributed by atoms with Crippen LogP contribution >= 0.6 is 0 Å². The highest BCUT2D eigenvalue weighted by Gasteiger charge is 2.39. The number of alkyl halides is 1. The van der Waals surface area contributed by atoms with Crippen molar-refractivity contribution in [2.45, 2.75) is 17.1 Å². The highest BCUT2D eigenvalue weighted by molar-refractivity contribution is 8.10. The Kier molecular flexibility index (Phi) is 2.76. The maximum atomic E-state index is 12.3. The predicted molar refractivity (Wildman–Crippen MR) is 53.5 cm³/mol. The van der Waals surface area contributed by atoms with Gasteiger partial charge in [0.2, 0.25) is 0 Å². The summed E-state index contributed by atoms with van der Waals surface area (Å²) in [5, 5.41) is -1.32. The Labute approximate surface area is 82.0 Å². The second-order valence-corrected chi connectivity index (χ2v) is 6.32. The first-order valence-electron chi connectivity index (χ1n) is 4.14. The standard InChI is InChI=1S/C9H13FO3S/c1-8(7-10)14(11,12,13)9-5-3-2-4-6-9/h2-6,8H,7H2,1H3,(H2,11,12,13). The molecule has 1 unspecified atom stereocenters. The molecule has 0 fully saturated rings. The zero-order valence-electron chi connectivity index (χ0n) is 7.76. The summed E-state index contributed by atoms with van der Waals surface area (Å²) in [6.07, 6.45) is 0. The third kappa shape index (κ3) is 1.84. The van der Waals surface area contributed by atoms with Crippen molar-refractivity contribution >= 4 is 9.63 Å². The summed E-state index contributed by atoms with van der Waals surface area (Å²) in [6, 6.07) is 7.29. The first kappa shape index (κ1) is 11.3. The van der Waals surface area contributed by atoms with E-state index in [1.165, 1.54) is 31.2 Å². The third-order valence-corrected chi connectivity index (χ3v) is 4.86. The van der Waals surface area contributed by atoms with Crippen LogP contribution in [0.25, 0.3) is 0 Å². The third-order valence-electron chi connectivity index (χ3n) is 2.13. The number of halogens is 1. The number of rotatable bonds is 3. The van der Waals surface area contributed by atoms with Gasteiger partial charge in [0.1, 0.15) is 16.3 Å². The van der Waals surface area contributed by atoms with Crippen LogP contribution in [0.1, 0.15) is 6.92 Å². The molecular weight excluding hydrogens is 207 g/mol. The number of hydrogen-bond acceptors (Lipinski definition) is 1. The minimum Gasteiger partial charge on any atom is -0.304 e. The average Bonchev–Trinajstić information content (AvgIpc) is 2.17. The van der Waals surface area contributed by atoms with E-state index in [0.717, 1.165) is 0 Å². The molecule has 3 nitrogen and oxygen atoms in total. The molecule has 0 saturated carbocycles. The molecule has 5 heteroatoms. The van der Waals surface area contributed by atoms with Gasteiger partial charge in [-0.05, 0) is 19.1 Å². The van der Waals surface area contributed by atoms with Gasteiger partial charge < -0.3 is 9.11 Å². The molecule has 0 heterocycles. The van der Waals surface area contributed by atoms with Crippen LogP contribution in [0.3, 0.4) is 0 Å². The lowest BCUT2D eigenvalue weighted by atomic mass is 10.4. The Morgan fingerprint density at radius 2 is 1.86 bits per heavy atom. The van der Waals surface area contributed by atoms with Crippen molar-refractivity contribution in [1.29, 1.82) is 0 Å². The molecule has 0 radical (unpaired) electrons. The summed E-state index contributed by atoms with van der Waals surface area (Å²) < 4.78 is 43.3. The average molecular weight is 220 g/mol. The minimum atomic E-state index is -5.02. The van der Waals surface area contributed by atoms with Crippen molar-refractivity contribution in [3.05, 3.63) is 30.3 Å². The van der Waals surface area contributed by atoms with Crippen LogP contribution in [0, 0.1) is 0 Å². The van der Waals surface area contributed by atoms with Gasteiger partial charge in [-0.3, -0.25) is 0 Å². The summed E-state index contributed by atoms with van der Waals surface area (Å²) in [6.45, 7) is 0.148. The lowest BCUT2D eigenvalue weighted by Crippen LogP contribution is -2.43. The van der Waals surface area contributed by atoms with E-state index in [-0.39, 0.29) is 4.90 Å². The van der Waals surface area contributed by atoms with Crippen molar-refractivity contribution in [1.82, 2.24) is 0 Å². The molecule has 1 atom stereocenters. The highest BCUT2D eigenvalue weighted by atomic mass is 32.3. The Hall–Kier alpha value is -0.780. The van der Waals surface area contributed by atoms with Crippen molar-refractivity contribution in [2.24, 2.45) is 0 Å². The van der Waals surface area contributed by atoms with E-state index in [9.17, 15) is 17.7 Å². The van der Waals surface area contributed by atoms with E-state index >= 15 is 0 Å². The summed E-state index contributed by atoms with van der Waals surface area (Å²) in [4.78, 5) is -0.144. The van der Waals surface area contributed by atoms with E-state index in [1.807, 2.05) is 0 Å². The topological polar surface area (TPSA) is 57.5 Å². The van der Waals surface area contributed by atoms with E-state index in [2.05, 4.69) is 0 Å². The molecule has 0 aliphatic carbocycles. The highest BCUT2D eigenvalue weighted by Crippen LogP contribution is 2.33. The SMILES string of the molecule is CC(CF)S(=O)(O)(O)c1ccccc1. The van der Waals surface area contributed by atoms with Crippen LogP contribution in [0.5, 0.6) is 0 Å². The molecule has 80 valence electrons. The largest absolute Gasteiger partial charge is 0.304 e. The van der Waals surface area contributed by atoms with Gasteiger partial charge in [0, 0.05) is 0 Å². The van der Waals surface area contributed by atoms with E-state index in [4.69, 9.17) is 0 Å². The second kappa shape index (κ2) is 3.42. The van der Waals surface area contributed by atoms with Crippen molar-refractivity contribution < 1.29 is 17.7 Å². The van der Waals surface area contributed by atoms with Gasteiger partial charge >= 0.3 is 0 Å². The van der Waals surface area contributed by atoms with E-state index < -0.39 is 21.6 Å². The van der Waals surface area contributed by atoms with Crippen LogP contribution in [0.15, 0.2) is 35.2 Å². The maximum absolute atomic E-state index is 12.3. The molecule has 0 amide bonds. The molecule has 1 aromatic rings. The normalized spacial score (nSPS) is 17.0. The Balaban J connectivity index is 3.25. The Morgan fingerprint density at radius 1 is 1.36 bits per heavy atom. The van der Waals surface area contributed by atoms with Gasteiger partial charge in [-0.2, -0.15) is 0 Å². The monoisotopic (exact) mass is 220 g/mol. The van der Waals surface area contributed by atoms with Crippen LogP contribution in [0.2, 0.25) is 0 Å². The molecule has 14 heavy (non-hydrogen) atoms. The predicted octanol–water partition coefficient (Wildman–Crippen LogP) is 2.17. The molecule has 0 aliphatic rings. The number of benzene rings is 1. The van der Waals surface area contributed by atoms with Crippen molar-refractivity contribution in [2.75, 3.05) is 6.67 Å². The van der Waals surface area contributed by atoms with Gasteiger partial charge in [0.05, 0.1) is 10.1 Å². The summed E-state index contributed by atoms with van der Waals surface area (Å²) in [5.41, 5.74) is 0. The second-order valence-electron chi connectivity index (χ2n) is 3.20. The summed E-state index contributed by atoms with van der Waals surface area (Å²) in [5.74, 6) is 0. The first-order chi connectivity index (χ1) is 6.37. The summed E-state index contributed by atoms with van der Waals surface area (Å²) >= 11 is 0. The molecule has 1 rings (SSSR count). The molecular formula is C9H13FO3S. The smallest absolute Gasteiger partial charge is 0.114 e. The van der Waals surface area contributed by atoms with Gasteiger partial charge in [0.15, 0.2) is 0 Å². The molecule has 0 spiro atoms. The molecule has 0 saturated heterocycles. The van der Waals surface area contributed by atoms with E-state index in [1.54, 1.807) is 6.07 Å². The molecule has 0 aliphatic heterocycles. The fourth-order valence-electron chi connectivity index (χ4n) is 1.02. The number of hydrogen-bond donors (Lipinski definition) is 2. The van der Waals surface area contributed by atoms with Crippen LogP contribution in [-0.2, 0) is 9.63 Å². The molecule has 0 aromatic heterocycles. The van der Waals surface area contributed by atoms with Gasteiger partial charge in [-0.1, -0.05) is 18.2 Å². The van der Waals surface area contributed by atoms with Crippen LogP contribution < -0.4 is 0 Å². The Bertz CT molecular complexity index is 371. The van der Waals surface area contributed by atoms with Crippen molar-refractivity contribution in [3.8, 4) is 0 Å². The van der Waals surface area contributed by atoms with E-state index in [0.29, 0.717) is 0 Å². The first-order valence-corrected chi connectivity index (χ1v) is 6.08. The maximum Gasteiger partial charge on any atom is 0.114 e.